The summed E-state index contributed by atoms with van der Waals surface area (Å²) in [6.07, 6.45) is 1.42. The third-order valence-electron chi connectivity index (χ3n) is 4.48. The number of rotatable bonds is 8. The number of carbonyl (C=O) groups excluding carboxylic acids is 1. The number of amides is 1. The summed E-state index contributed by atoms with van der Waals surface area (Å²) >= 11 is 20.6. The minimum absolute atomic E-state index is 0.128. The number of hydrogen-bond acceptors (Lipinski definition) is 4. The number of nitrogens with one attached hydrogen (secondary N) is 1. The predicted molar refractivity (Wildman–Crippen MR) is 145 cm³/mol. The first-order chi connectivity index (χ1) is 16.3. The molecule has 174 valence electrons. The molecule has 0 radical (unpaired) electrons. The van der Waals surface area contributed by atoms with E-state index in [0.29, 0.717) is 46.0 Å². The van der Waals surface area contributed by atoms with Crippen LogP contribution in [0.5, 0.6) is 11.5 Å². The molecule has 0 saturated heterocycles. The van der Waals surface area contributed by atoms with Crippen molar-refractivity contribution in [3.63, 3.8) is 0 Å². The highest BCUT2D eigenvalue weighted by Gasteiger charge is 2.15. The lowest BCUT2D eigenvalue weighted by atomic mass is 10.1. The van der Waals surface area contributed by atoms with E-state index in [1.54, 1.807) is 24.3 Å². The third kappa shape index (κ3) is 7.03. The number of benzene rings is 3. The van der Waals surface area contributed by atoms with E-state index >= 15 is 0 Å². The zero-order chi connectivity index (χ0) is 24.7. The Bertz CT molecular complexity index is 1270. The molecule has 0 heterocycles. The first-order valence-electron chi connectivity index (χ1n) is 10.0. The van der Waals surface area contributed by atoms with Crippen molar-refractivity contribution in [2.45, 2.75) is 13.5 Å². The Hall–Kier alpha value is -2.44. The maximum Gasteiger partial charge on any atom is 0.266 e. The minimum atomic E-state index is -0.603. The second-order valence-corrected chi connectivity index (χ2v) is 9.40. The summed E-state index contributed by atoms with van der Waals surface area (Å²) in [5, 5.41) is 13.1. The summed E-state index contributed by atoms with van der Waals surface area (Å²) in [6.45, 7) is 2.53. The van der Waals surface area contributed by atoms with Gasteiger partial charge in [0, 0.05) is 9.26 Å². The molecule has 34 heavy (non-hydrogen) atoms. The molecule has 0 aliphatic rings. The van der Waals surface area contributed by atoms with Gasteiger partial charge in [0.25, 0.3) is 5.91 Å². The fourth-order valence-electron chi connectivity index (χ4n) is 2.90. The second-order valence-electron chi connectivity index (χ2n) is 6.93. The van der Waals surface area contributed by atoms with Gasteiger partial charge in [0.15, 0.2) is 11.5 Å². The average Bonchev–Trinajstić information content (AvgIpc) is 2.80. The molecule has 0 aliphatic carbocycles. The number of halogens is 4. The molecule has 1 amide bonds. The van der Waals surface area contributed by atoms with Crippen molar-refractivity contribution >= 4 is 75.1 Å². The SMILES string of the molecule is CCOc1cc(/C=C(\C#N)C(=O)Nc2ccc(Cl)c(Cl)c2)cc(Cl)c1OCc1ccc(I)cc1. The van der Waals surface area contributed by atoms with E-state index in [-0.39, 0.29) is 10.6 Å². The van der Waals surface area contributed by atoms with Crippen LogP contribution in [-0.2, 0) is 11.4 Å². The van der Waals surface area contributed by atoms with Crippen LogP contribution < -0.4 is 14.8 Å². The van der Waals surface area contributed by atoms with E-state index in [2.05, 4.69) is 27.9 Å². The standard InChI is InChI=1S/C25H18Cl3IN2O3/c1-2-33-23-11-16(10-22(28)24(23)34-14-15-3-5-18(29)6-4-15)9-17(13-30)25(32)31-19-7-8-20(26)21(27)12-19/h3-12H,2,14H2,1H3,(H,31,32)/b17-9+. The van der Waals surface area contributed by atoms with Crippen LogP contribution in [0.15, 0.2) is 60.2 Å². The van der Waals surface area contributed by atoms with Gasteiger partial charge in [-0.3, -0.25) is 4.79 Å². The first-order valence-corrected chi connectivity index (χ1v) is 12.2. The molecule has 3 aromatic carbocycles. The van der Waals surface area contributed by atoms with Crippen LogP contribution in [0.2, 0.25) is 15.1 Å². The molecule has 0 fully saturated rings. The van der Waals surface area contributed by atoms with E-state index < -0.39 is 5.91 Å². The topological polar surface area (TPSA) is 71.3 Å². The molecule has 0 aliphatic heterocycles. The van der Waals surface area contributed by atoms with Gasteiger partial charge in [0.2, 0.25) is 0 Å². The van der Waals surface area contributed by atoms with Gasteiger partial charge in [-0.15, -0.1) is 0 Å². The molecule has 0 saturated carbocycles. The fraction of sp³-hybridized carbons (Fsp3) is 0.120. The number of ether oxygens (including phenoxy) is 2. The van der Waals surface area contributed by atoms with Crippen molar-refractivity contribution in [3.8, 4) is 17.6 Å². The van der Waals surface area contributed by atoms with Crippen molar-refractivity contribution in [3.05, 3.63) is 89.9 Å². The number of nitriles is 1. The molecule has 0 bridgehead atoms. The van der Waals surface area contributed by atoms with Crippen LogP contribution in [0.25, 0.3) is 6.08 Å². The van der Waals surface area contributed by atoms with Crippen LogP contribution in [0.3, 0.4) is 0 Å². The van der Waals surface area contributed by atoms with Crippen LogP contribution >= 0.6 is 57.4 Å². The molecular formula is C25H18Cl3IN2O3. The van der Waals surface area contributed by atoms with Gasteiger partial charge in [-0.2, -0.15) is 5.26 Å². The monoisotopic (exact) mass is 626 g/mol. The van der Waals surface area contributed by atoms with Crippen LogP contribution in [0.1, 0.15) is 18.1 Å². The summed E-state index contributed by atoms with van der Waals surface area (Å²) < 4.78 is 12.8. The van der Waals surface area contributed by atoms with Crippen LogP contribution in [0.4, 0.5) is 5.69 Å². The lowest BCUT2D eigenvalue weighted by molar-refractivity contribution is -0.112. The summed E-state index contributed by atoms with van der Waals surface area (Å²) in [4.78, 5) is 12.6. The first kappa shape index (κ1) is 26.2. The maximum atomic E-state index is 12.6. The summed E-state index contributed by atoms with van der Waals surface area (Å²) in [7, 11) is 0. The predicted octanol–water partition coefficient (Wildman–Crippen LogP) is 7.77. The number of nitrogens with zero attached hydrogens (tertiary/aromatic N) is 1. The molecule has 3 aromatic rings. The van der Waals surface area contributed by atoms with E-state index in [1.807, 2.05) is 37.3 Å². The third-order valence-corrected chi connectivity index (χ3v) is 6.22. The van der Waals surface area contributed by atoms with Crippen molar-refractivity contribution in [2.24, 2.45) is 0 Å². The van der Waals surface area contributed by atoms with Gasteiger partial charge in [0.05, 0.1) is 21.7 Å². The van der Waals surface area contributed by atoms with E-state index in [0.717, 1.165) is 9.13 Å². The van der Waals surface area contributed by atoms with Gasteiger partial charge >= 0.3 is 0 Å². The molecule has 0 aromatic heterocycles. The Labute approximate surface area is 226 Å². The number of anilines is 1. The molecule has 9 heteroatoms. The largest absolute Gasteiger partial charge is 0.490 e. The van der Waals surface area contributed by atoms with Gasteiger partial charge in [-0.25, -0.2) is 0 Å². The molecule has 0 atom stereocenters. The van der Waals surface area contributed by atoms with Crippen molar-refractivity contribution in [1.29, 1.82) is 5.26 Å². The Morgan fingerprint density at radius 2 is 1.76 bits per heavy atom. The number of hydrogen-bond donors (Lipinski definition) is 1. The van der Waals surface area contributed by atoms with E-state index in [4.69, 9.17) is 44.3 Å². The fourth-order valence-corrected chi connectivity index (χ4v) is 3.83. The molecule has 0 spiro atoms. The lowest BCUT2D eigenvalue weighted by Crippen LogP contribution is -2.13. The van der Waals surface area contributed by atoms with Crippen LogP contribution in [-0.4, -0.2) is 12.5 Å². The van der Waals surface area contributed by atoms with Crippen molar-refractivity contribution in [2.75, 3.05) is 11.9 Å². The highest BCUT2D eigenvalue weighted by molar-refractivity contribution is 14.1. The van der Waals surface area contributed by atoms with Crippen molar-refractivity contribution in [1.82, 2.24) is 0 Å². The number of carbonyl (C=O) groups is 1. The summed E-state index contributed by atoms with van der Waals surface area (Å²) in [5.74, 6) is 0.195. The highest BCUT2D eigenvalue weighted by atomic mass is 127. The van der Waals surface area contributed by atoms with E-state index in [9.17, 15) is 10.1 Å². The van der Waals surface area contributed by atoms with Gasteiger partial charge in [-0.1, -0.05) is 46.9 Å². The minimum Gasteiger partial charge on any atom is -0.490 e. The molecule has 5 nitrogen and oxygen atoms in total. The maximum absolute atomic E-state index is 12.6. The van der Waals surface area contributed by atoms with Crippen molar-refractivity contribution < 1.29 is 14.3 Å². The molecule has 0 unspecified atom stereocenters. The highest BCUT2D eigenvalue weighted by Crippen LogP contribution is 2.38. The lowest BCUT2D eigenvalue weighted by Gasteiger charge is -2.15. The van der Waals surface area contributed by atoms with E-state index in [1.165, 1.54) is 12.1 Å². The Balaban J connectivity index is 1.84. The Kier molecular flexibility index (Phi) is 9.48. The average molecular weight is 628 g/mol. The normalized spacial score (nSPS) is 11.0. The summed E-state index contributed by atoms with van der Waals surface area (Å²) in [6, 6.07) is 17.8. The van der Waals surface area contributed by atoms with Crippen LogP contribution in [0, 0.1) is 14.9 Å². The molecule has 3 rings (SSSR count). The smallest absolute Gasteiger partial charge is 0.266 e. The van der Waals surface area contributed by atoms with Gasteiger partial charge in [0.1, 0.15) is 18.2 Å². The Morgan fingerprint density at radius 1 is 1.03 bits per heavy atom. The van der Waals surface area contributed by atoms with Gasteiger partial charge in [-0.05, 0) is 89.2 Å². The molecule has 1 N–H and O–H groups in total. The Morgan fingerprint density at radius 3 is 2.41 bits per heavy atom. The second kappa shape index (κ2) is 12.3. The summed E-state index contributed by atoms with van der Waals surface area (Å²) in [5.41, 5.74) is 1.77. The zero-order valence-corrected chi connectivity index (χ0v) is 22.3. The van der Waals surface area contributed by atoms with Gasteiger partial charge < -0.3 is 14.8 Å². The zero-order valence-electron chi connectivity index (χ0n) is 17.9. The quantitative estimate of drug-likeness (QED) is 0.157. The molecular weight excluding hydrogens is 610 g/mol.